The molecule has 2 N–H and O–H groups in total. The van der Waals surface area contributed by atoms with Crippen molar-refractivity contribution in [2.45, 2.75) is 13.0 Å². The molecule has 0 saturated carbocycles. The Bertz CT molecular complexity index is 769. The van der Waals surface area contributed by atoms with Gasteiger partial charge in [-0.3, -0.25) is 4.79 Å². The predicted octanol–water partition coefficient (Wildman–Crippen LogP) is 3.07. The van der Waals surface area contributed by atoms with E-state index in [-0.39, 0.29) is 11.6 Å². The number of fused-ring (bicyclic) bond motifs is 1. The maximum Gasteiger partial charge on any atom is 0.273 e. The van der Waals surface area contributed by atoms with Crippen LogP contribution in [0, 0.1) is 0 Å². The Kier molecular flexibility index (Phi) is 2.97. The molecular weight excluding hydrogens is 256 g/mol. The molecule has 1 atom stereocenters. The van der Waals surface area contributed by atoms with E-state index < -0.39 is 0 Å². The number of hydrogen-bond donors (Lipinski definition) is 1. The molecule has 0 saturated heterocycles. The van der Waals surface area contributed by atoms with E-state index in [2.05, 4.69) is 0 Å². The van der Waals surface area contributed by atoms with E-state index in [1.807, 2.05) is 55.5 Å². The lowest BCUT2D eigenvalue weighted by Crippen LogP contribution is -2.11. The second-order valence-electron chi connectivity index (χ2n) is 4.57. The average Bonchev–Trinajstić information content (AvgIpc) is 2.77. The van der Waals surface area contributed by atoms with E-state index in [1.54, 1.807) is 3.96 Å². The Labute approximate surface area is 115 Å². The van der Waals surface area contributed by atoms with Crippen molar-refractivity contribution < 1.29 is 0 Å². The fourth-order valence-electron chi connectivity index (χ4n) is 2.06. The summed E-state index contributed by atoms with van der Waals surface area (Å²) in [6.07, 6.45) is 0. The zero-order valence-electron chi connectivity index (χ0n) is 10.5. The van der Waals surface area contributed by atoms with Crippen LogP contribution >= 0.6 is 11.5 Å². The van der Waals surface area contributed by atoms with Crippen LogP contribution in [-0.2, 0) is 0 Å². The summed E-state index contributed by atoms with van der Waals surface area (Å²) in [5.74, 6) is 0. The van der Waals surface area contributed by atoms with Gasteiger partial charge in [0, 0.05) is 6.04 Å². The Morgan fingerprint density at radius 1 is 1.11 bits per heavy atom. The molecule has 3 rings (SSSR count). The average molecular weight is 270 g/mol. The van der Waals surface area contributed by atoms with Gasteiger partial charge in [0.1, 0.15) is 0 Å². The van der Waals surface area contributed by atoms with Crippen LogP contribution in [0.4, 0.5) is 0 Å². The number of benzene rings is 2. The first-order chi connectivity index (χ1) is 9.16. The normalized spacial score (nSPS) is 12.7. The Morgan fingerprint density at radius 2 is 1.79 bits per heavy atom. The summed E-state index contributed by atoms with van der Waals surface area (Å²) in [6, 6.07) is 15.5. The highest BCUT2D eigenvalue weighted by Gasteiger charge is 2.08. The molecule has 0 radical (unpaired) electrons. The molecule has 0 aliphatic heterocycles. The number of nitrogens with zero attached hydrogens (tertiary/aromatic N) is 1. The van der Waals surface area contributed by atoms with Crippen molar-refractivity contribution in [3.63, 3.8) is 0 Å². The molecule has 96 valence electrons. The molecule has 19 heavy (non-hydrogen) atoms. The third kappa shape index (κ3) is 2.09. The molecule has 2 aromatic carbocycles. The first kappa shape index (κ1) is 12.1. The van der Waals surface area contributed by atoms with E-state index in [4.69, 9.17) is 5.73 Å². The lowest BCUT2D eigenvalue weighted by Gasteiger charge is -2.06. The van der Waals surface area contributed by atoms with Gasteiger partial charge in [-0.2, -0.15) is 0 Å². The second kappa shape index (κ2) is 4.64. The predicted molar refractivity (Wildman–Crippen MR) is 80.0 cm³/mol. The number of aromatic nitrogens is 1. The molecule has 3 nitrogen and oxygen atoms in total. The number of hydrogen-bond acceptors (Lipinski definition) is 3. The van der Waals surface area contributed by atoms with Crippen LogP contribution in [0.3, 0.4) is 0 Å². The van der Waals surface area contributed by atoms with Gasteiger partial charge in [-0.25, -0.2) is 3.96 Å². The molecule has 0 aliphatic carbocycles. The Morgan fingerprint density at radius 3 is 2.42 bits per heavy atom. The van der Waals surface area contributed by atoms with E-state index in [0.717, 1.165) is 21.3 Å². The minimum Gasteiger partial charge on any atom is -0.324 e. The first-order valence-electron chi connectivity index (χ1n) is 6.14. The Balaban J connectivity index is 2.14. The van der Waals surface area contributed by atoms with Gasteiger partial charge in [0.05, 0.1) is 15.8 Å². The highest BCUT2D eigenvalue weighted by Crippen LogP contribution is 2.20. The largest absolute Gasteiger partial charge is 0.324 e. The highest BCUT2D eigenvalue weighted by molar-refractivity contribution is 7.14. The summed E-state index contributed by atoms with van der Waals surface area (Å²) in [5, 5.41) is 0.767. The molecule has 0 bridgehead atoms. The molecule has 0 spiro atoms. The van der Waals surface area contributed by atoms with E-state index in [0.29, 0.717) is 0 Å². The van der Waals surface area contributed by atoms with Crippen molar-refractivity contribution in [2.24, 2.45) is 5.73 Å². The van der Waals surface area contributed by atoms with Crippen LogP contribution in [0.15, 0.2) is 53.3 Å². The zero-order valence-corrected chi connectivity index (χ0v) is 11.4. The molecule has 1 unspecified atom stereocenters. The quantitative estimate of drug-likeness (QED) is 0.778. The standard InChI is InChI=1S/C15H14N2OS/c1-10(16)11-6-8-12(9-7-11)17-15(18)13-4-2-3-5-14(13)19-17/h2-10H,16H2,1H3. The monoisotopic (exact) mass is 270 g/mol. The summed E-state index contributed by atoms with van der Waals surface area (Å²) in [4.78, 5) is 12.3. The summed E-state index contributed by atoms with van der Waals surface area (Å²) < 4.78 is 2.72. The third-order valence-corrected chi connectivity index (χ3v) is 4.26. The molecule has 4 heteroatoms. The fourth-order valence-corrected chi connectivity index (χ4v) is 3.05. The van der Waals surface area contributed by atoms with Gasteiger partial charge in [-0.15, -0.1) is 0 Å². The van der Waals surface area contributed by atoms with Crippen molar-refractivity contribution in [1.29, 1.82) is 0 Å². The molecule has 0 fully saturated rings. The zero-order chi connectivity index (χ0) is 13.4. The summed E-state index contributed by atoms with van der Waals surface area (Å²) in [5.41, 5.74) is 7.82. The summed E-state index contributed by atoms with van der Waals surface area (Å²) >= 11 is 1.46. The van der Waals surface area contributed by atoms with Crippen LogP contribution in [0.25, 0.3) is 15.8 Å². The Hall–Kier alpha value is -1.91. The third-order valence-electron chi connectivity index (χ3n) is 3.14. The summed E-state index contributed by atoms with van der Waals surface area (Å²) in [6.45, 7) is 1.95. The molecule has 1 aromatic heterocycles. The van der Waals surface area contributed by atoms with Gasteiger partial charge in [0.25, 0.3) is 5.56 Å². The van der Waals surface area contributed by atoms with Gasteiger partial charge < -0.3 is 5.73 Å². The summed E-state index contributed by atoms with van der Waals surface area (Å²) in [7, 11) is 0. The van der Waals surface area contributed by atoms with Crippen molar-refractivity contribution in [3.8, 4) is 5.69 Å². The van der Waals surface area contributed by atoms with E-state index in [1.165, 1.54) is 11.5 Å². The van der Waals surface area contributed by atoms with Gasteiger partial charge >= 0.3 is 0 Å². The van der Waals surface area contributed by atoms with Crippen molar-refractivity contribution >= 4 is 21.6 Å². The number of rotatable bonds is 2. The van der Waals surface area contributed by atoms with Crippen LogP contribution in [-0.4, -0.2) is 3.96 Å². The SMILES string of the molecule is CC(N)c1ccc(-n2sc3ccccc3c2=O)cc1. The van der Waals surface area contributed by atoms with Gasteiger partial charge in [-0.1, -0.05) is 35.8 Å². The van der Waals surface area contributed by atoms with Crippen LogP contribution in [0.1, 0.15) is 18.5 Å². The van der Waals surface area contributed by atoms with Crippen LogP contribution in [0.2, 0.25) is 0 Å². The lowest BCUT2D eigenvalue weighted by atomic mass is 10.1. The number of nitrogens with two attached hydrogens (primary N) is 1. The lowest BCUT2D eigenvalue weighted by molar-refractivity contribution is 0.817. The molecular formula is C15H14N2OS. The van der Waals surface area contributed by atoms with Crippen molar-refractivity contribution in [2.75, 3.05) is 0 Å². The molecule has 0 amide bonds. The molecule has 0 aliphatic rings. The van der Waals surface area contributed by atoms with Gasteiger partial charge in [0.2, 0.25) is 0 Å². The van der Waals surface area contributed by atoms with Gasteiger partial charge in [0.15, 0.2) is 0 Å². The minimum absolute atomic E-state index is 0.00757. The fraction of sp³-hybridized carbons (Fsp3) is 0.133. The molecule has 1 heterocycles. The maximum absolute atomic E-state index is 12.3. The van der Waals surface area contributed by atoms with Crippen LogP contribution < -0.4 is 11.3 Å². The topological polar surface area (TPSA) is 48.0 Å². The second-order valence-corrected chi connectivity index (χ2v) is 5.55. The minimum atomic E-state index is 0.00757. The highest BCUT2D eigenvalue weighted by atomic mass is 32.1. The van der Waals surface area contributed by atoms with E-state index in [9.17, 15) is 4.79 Å². The van der Waals surface area contributed by atoms with Gasteiger partial charge in [-0.05, 0) is 36.8 Å². The van der Waals surface area contributed by atoms with Crippen molar-refractivity contribution in [3.05, 3.63) is 64.4 Å². The molecule has 3 aromatic rings. The smallest absolute Gasteiger partial charge is 0.273 e. The van der Waals surface area contributed by atoms with Crippen LogP contribution in [0.5, 0.6) is 0 Å². The maximum atomic E-state index is 12.3. The van der Waals surface area contributed by atoms with E-state index >= 15 is 0 Å². The first-order valence-corrected chi connectivity index (χ1v) is 6.91. The van der Waals surface area contributed by atoms with Crippen molar-refractivity contribution in [1.82, 2.24) is 3.96 Å².